The van der Waals surface area contributed by atoms with Crippen LogP contribution in [0, 0.1) is 0 Å². The van der Waals surface area contributed by atoms with Gasteiger partial charge in [-0.05, 0) is 44.2 Å². The molecule has 0 aromatic heterocycles. The Morgan fingerprint density at radius 3 is 2.61 bits per heavy atom. The molecule has 2 rings (SSSR count). The highest BCUT2D eigenvalue weighted by molar-refractivity contribution is 5.34. The van der Waals surface area contributed by atoms with Gasteiger partial charge in [-0.3, -0.25) is 0 Å². The highest BCUT2D eigenvalue weighted by atomic mass is 16.5. The third-order valence-electron chi connectivity index (χ3n) is 3.69. The highest BCUT2D eigenvalue weighted by Crippen LogP contribution is 2.41. The van der Waals surface area contributed by atoms with E-state index in [-0.39, 0.29) is 5.60 Å². The second-order valence-corrected chi connectivity index (χ2v) is 4.87. The zero-order valence-electron chi connectivity index (χ0n) is 11.4. The Bertz CT molecular complexity index is 422. The molecule has 1 aliphatic heterocycles. The molecule has 1 heteroatoms. The molecule has 0 amide bonds. The van der Waals surface area contributed by atoms with E-state index in [4.69, 9.17) is 4.74 Å². The summed E-state index contributed by atoms with van der Waals surface area (Å²) in [5.41, 5.74) is 2.37. The van der Waals surface area contributed by atoms with Crippen LogP contribution < -0.4 is 0 Å². The van der Waals surface area contributed by atoms with Crippen LogP contribution in [0.4, 0.5) is 0 Å². The normalized spacial score (nSPS) is 25.6. The van der Waals surface area contributed by atoms with E-state index < -0.39 is 0 Å². The van der Waals surface area contributed by atoms with Crippen molar-refractivity contribution in [1.82, 2.24) is 0 Å². The van der Waals surface area contributed by atoms with Gasteiger partial charge in [0.1, 0.15) is 5.60 Å². The Hall–Kier alpha value is -1.34. The van der Waals surface area contributed by atoms with E-state index in [9.17, 15) is 0 Å². The monoisotopic (exact) mass is 242 g/mol. The molecule has 1 aromatic carbocycles. The fourth-order valence-corrected chi connectivity index (χ4v) is 2.64. The maximum absolute atomic E-state index is 6.21. The summed E-state index contributed by atoms with van der Waals surface area (Å²) in [4.78, 5) is 0. The first-order chi connectivity index (χ1) is 8.79. The first-order valence-corrected chi connectivity index (χ1v) is 6.79. The average molecular weight is 242 g/mol. The van der Waals surface area contributed by atoms with Crippen molar-refractivity contribution in [3.05, 3.63) is 59.7 Å². The molecule has 1 atom stereocenters. The van der Waals surface area contributed by atoms with Crippen LogP contribution in [0.15, 0.2) is 54.1 Å². The molecule has 1 nitrogen and oxygen atoms in total. The number of ether oxygens (including phenoxy) is 1. The maximum atomic E-state index is 6.21. The Morgan fingerprint density at radius 1 is 1.22 bits per heavy atom. The zero-order chi connectivity index (χ0) is 12.8. The first-order valence-electron chi connectivity index (χ1n) is 6.79. The topological polar surface area (TPSA) is 9.23 Å². The summed E-state index contributed by atoms with van der Waals surface area (Å²) in [7, 11) is 0. The van der Waals surface area contributed by atoms with E-state index >= 15 is 0 Å². The second kappa shape index (κ2) is 6.01. The third kappa shape index (κ3) is 2.56. The van der Waals surface area contributed by atoms with Gasteiger partial charge >= 0.3 is 0 Å². The smallest absolute Gasteiger partial charge is 0.114 e. The highest BCUT2D eigenvalue weighted by Gasteiger charge is 2.36. The molecular weight excluding hydrogens is 220 g/mol. The van der Waals surface area contributed by atoms with Crippen LogP contribution in [0.3, 0.4) is 0 Å². The van der Waals surface area contributed by atoms with Crippen LogP contribution in [0.2, 0.25) is 0 Å². The van der Waals surface area contributed by atoms with E-state index in [0.717, 1.165) is 13.0 Å². The Kier molecular flexibility index (Phi) is 4.38. The summed E-state index contributed by atoms with van der Waals surface area (Å²) in [5, 5.41) is 0. The van der Waals surface area contributed by atoms with Crippen molar-refractivity contribution in [3.63, 3.8) is 0 Å². The second-order valence-electron chi connectivity index (χ2n) is 4.87. The number of benzene rings is 1. The largest absolute Gasteiger partial charge is 0.366 e. The van der Waals surface area contributed by atoms with E-state index in [1.54, 1.807) is 0 Å². The van der Waals surface area contributed by atoms with Crippen LogP contribution in [-0.4, -0.2) is 6.61 Å². The Morgan fingerprint density at radius 2 is 2.00 bits per heavy atom. The summed E-state index contributed by atoms with van der Waals surface area (Å²) in [6.45, 7) is 5.08. The van der Waals surface area contributed by atoms with Crippen LogP contribution in [0.1, 0.15) is 38.7 Å². The summed E-state index contributed by atoms with van der Waals surface area (Å²) in [5.74, 6) is 0. The number of hydrogen-bond acceptors (Lipinski definition) is 1. The Balaban J connectivity index is 2.40. The average Bonchev–Trinajstić information content (AvgIpc) is 2.46. The quantitative estimate of drug-likeness (QED) is 0.704. The molecule has 1 saturated heterocycles. The lowest BCUT2D eigenvalue weighted by Crippen LogP contribution is -2.34. The zero-order valence-corrected chi connectivity index (χ0v) is 11.4. The van der Waals surface area contributed by atoms with Crippen molar-refractivity contribution >= 4 is 0 Å². The fraction of sp³-hybridized carbons (Fsp3) is 0.412. The molecule has 0 spiro atoms. The summed E-state index contributed by atoms with van der Waals surface area (Å²) >= 11 is 0. The molecular formula is C17H22O. The van der Waals surface area contributed by atoms with Crippen molar-refractivity contribution in [3.8, 4) is 0 Å². The number of hydrogen-bond donors (Lipinski definition) is 0. The molecule has 0 aliphatic carbocycles. The minimum Gasteiger partial charge on any atom is -0.366 e. The maximum Gasteiger partial charge on any atom is 0.114 e. The van der Waals surface area contributed by atoms with Crippen molar-refractivity contribution in [2.24, 2.45) is 0 Å². The molecule has 1 heterocycles. The van der Waals surface area contributed by atoms with E-state index in [1.165, 1.54) is 24.0 Å². The number of allylic oxidation sites excluding steroid dienone is 3. The molecule has 96 valence electrons. The van der Waals surface area contributed by atoms with Crippen molar-refractivity contribution in [2.75, 3.05) is 6.61 Å². The van der Waals surface area contributed by atoms with Crippen LogP contribution in [-0.2, 0) is 10.3 Å². The molecule has 18 heavy (non-hydrogen) atoms. The SMILES string of the molecule is C/C=C\C=C(/C)C1(c2ccccc2)CCCCO1. The van der Waals surface area contributed by atoms with Crippen molar-refractivity contribution < 1.29 is 4.74 Å². The lowest BCUT2D eigenvalue weighted by molar-refractivity contribution is -0.0562. The minimum atomic E-state index is -0.209. The standard InChI is InChI=1S/C17H22O/c1-3-4-10-15(2)17(13-8-9-14-18-17)16-11-6-5-7-12-16/h3-7,10-12H,8-9,13-14H2,1-2H3/b4-3-,15-10+. The van der Waals surface area contributed by atoms with E-state index in [1.807, 2.05) is 6.92 Å². The van der Waals surface area contributed by atoms with Crippen molar-refractivity contribution in [2.45, 2.75) is 38.7 Å². The predicted octanol–water partition coefficient (Wildman–Crippen LogP) is 4.60. The molecule has 0 saturated carbocycles. The van der Waals surface area contributed by atoms with E-state index in [0.29, 0.717) is 0 Å². The molecule has 0 N–H and O–H groups in total. The van der Waals surface area contributed by atoms with E-state index in [2.05, 4.69) is 55.5 Å². The van der Waals surface area contributed by atoms with Gasteiger partial charge in [0.25, 0.3) is 0 Å². The van der Waals surface area contributed by atoms with Gasteiger partial charge in [0, 0.05) is 6.61 Å². The van der Waals surface area contributed by atoms with Gasteiger partial charge in [-0.25, -0.2) is 0 Å². The van der Waals surface area contributed by atoms with Gasteiger partial charge in [-0.2, -0.15) is 0 Å². The molecule has 0 radical (unpaired) electrons. The van der Waals surface area contributed by atoms with Gasteiger partial charge < -0.3 is 4.74 Å². The molecule has 1 unspecified atom stereocenters. The first kappa shape index (κ1) is 13.1. The summed E-state index contributed by atoms with van der Waals surface area (Å²) < 4.78 is 6.21. The van der Waals surface area contributed by atoms with Gasteiger partial charge in [0.05, 0.1) is 0 Å². The van der Waals surface area contributed by atoms with Crippen LogP contribution in [0.25, 0.3) is 0 Å². The van der Waals surface area contributed by atoms with Gasteiger partial charge in [0.2, 0.25) is 0 Å². The van der Waals surface area contributed by atoms with Gasteiger partial charge in [0.15, 0.2) is 0 Å². The molecule has 1 fully saturated rings. The fourth-order valence-electron chi connectivity index (χ4n) is 2.64. The number of rotatable bonds is 3. The van der Waals surface area contributed by atoms with Gasteiger partial charge in [-0.15, -0.1) is 0 Å². The summed E-state index contributed by atoms with van der Waals surface area (Å²) in [6.07, 6.45) is 9.82. The predicted molar refractivity (Wildman–Crippen MR) is 76.5 cm³/mol. The summed E-state index contributed by atoms with van der Waals surface area (Å²) in [6, 6.07) is 10.6. The molecule has 1 aliphatic rings. The third-order valence-corrected chi connectivity index (χ3v) is 3.69. The lowest BCUT2D eigenvalue weighted by Gasteiger charge is -2.39. The van der Waals surface area contributed by atoms with Crippen LogP contribution in [0.5, 0.6) is 0 Å². The van der Waals surface area contributed by atoms with Gasteiger partial charge in [-0.1, -0.05) is 48.6 Å². The molecule has 1 aromatic rings. The van der Waals surface area contributed by atoms with Crippen molar-refractivity contribution in [1.29, 1.82) is 0 Å². The molecule has 0 bridgehead atoms. The lowest BCUT2D eigenvalue weighted by atomic mass is 9.80. The Labute approximate surface area is 110 Å². The minimum absolute atomic E-state index is 0.209. The van der Waals surface area contributed by atoms with Crippen LogP contribution >= 0.6 is 0 Å².